The molecule has 7 heteroatoms. The van der Waals surface area contributed by atoms with Crippen molar-refractivity contribution in [2.75, 3.05) is 14.2 Å². The third kappa shape index (κ3) is 6.08. The molecule has 26 heavy (non-hydrogen) atoms. The van der Waals surface area contributed by atoms with Crippen molar-refractivity contribution >= 4 is 17.8 Å². The largest absolute Gasteiger partial charge is 0.464 e. The van der Waals surface area contributed by atoms with E-state index in [4.69, 9.17) is 4.74 Å². The summed E-state index contributed by atoms with van der Waals surface area (Å²) in [4.78, 5) is 28.1. The smallest absolute Gasteiger partial charge is 0.407 e. The number of methoxy groups -OCH3 is 1. The average molecular weight is 358 g/mol. The molecule has 0 saturated carbocycles. The van der Waals surface area contributed by atoms with E-state index in [2.05, 4.69) is 20.0 Å². The number of hydrogen-bond donors (Lipinski definition) is 1. The first-order chi connectivity index (χ1) is 12.6. The van der Waals surface area contributed by atoms with Crippen LogP contribution in [0.25, 0.3) is 0 Å². The van der Waals surface area contributed by atoms with E-state index < -0.39 is 12.1 Å². The van der Waals surface area contributed by atoms with Crippen molar-refractivity contribution in [3.8, 4) is 0 Å². The molecule has 0 radical (unpaired) electrons. The number of oxime groups is 1. The number of allylic oxidation sites excluding steroid dienone is 2. The van der Waals surface area contributed by atoms with Gasteiger partial charge in [0.2, 0.25) is 0 Å². The molecular formula is C19H22N2O5. The predicted octanol–water partition coefficient (Wildman–Crippen LogP) is 2.73. The summed E-state index contributed by atoms with van der Waals surface area (Å²) < 4.78 is 9.86. The van der Waals surface area contributed by atoms with Crippen LogP contribution in [0.2, 0.25) is 0 Å². The number of alkyl carbamates (subject to hydrolysis) is 1. The number of esters is 1. The van der Waals surface area contributed by atoms with Gasteiger partial charge in [0.15, 0.2) is 5.71 Å². The number of benzene rings is 1. The normalized spacial score (nSPS) is 18.3. The minimum Gasteiger partial charge on any atom is -0.464 e. The van der Waals surface area contributed by atoms with Gasteiger partial charge in [-0.2, -0.15) is 0 Å². The lowest BCUT2D eigenvalue weighted by Crippen LogP contribution is -2.34. The highest BCUT2D eigenvalue weighted by molar-refractivity contribution is 6.41. The molecule has 0 unspecified atom stereocenters. The van der Waals surface area contributed by atoms with Crippen molar-refractivity contribution < 1.29 is 23.9 Å². The fourth-order valence-electron chi connectivity index (χ4n) is 2.40. The van der Waals surface area contributed by atoms with Crippen molar-refractivity contribution in [2.45, 2.75) is 25.5 Å². The van der Waals surface area contributed by atoms with Gasteiger partial charge < -0.3 is 19.6 Å². The molecule has 1 N–H and O–H groups in total. The molecule has 1 amide bonds. The highest BCUT2D eigenvalue weighted by Gasteiger charge is 2.17. The van der Waals surface area contributed by atoms with Crippen molar-refractivity contribution in [3.05, 3.63) is 59.7 Å². The van der Waals surface area contributed by atoms with Crippen molar-refractivity contribution in [1.29, 1.82) is 0 Å². The Morgan fingerprint density at radius 2 is 2.04 bits per heavy atom. The number of nitrogens with one attached hydrogen (secondary N) is 1. The SMILES string of the molecule is CO/N=C(/C=C1\C=C[C@@H](NC(=O)OCc2ccccc2)CC1)C(=O)OC. The van der Waals surface area contributed by atoms with Gasteiger partial charge in [-0.15, -0.1) is 0 Å². The number of carbonyl (C=O) groups excluding carboxylic acids is 2. The number of rotatable bonds is 6. The molecular weight excluding hydrogens is 336 g/mol. The fourth-order valence-corrected chi connectivity index (χ4v) is 2.40. The van der Waals surface area contributed by atoms with E-state index in [9.17, 15) is 9.59 Å². The quantitative estimate of drug-likeness (QED) is 0.480. The second kappa shape index (κ2) is 10.0. The molecule has 0 spiro atoms. The van der Waals surface area contributed by atoms with Gasteiger partial charge in [-0.25, -0.2) is 9.59 Å². The van der Waals surface area contributed by atoms with Crippen LogP contribution in [-0.4, -0.2) is 38.0 Å². The Labute approximate surface area is 152 Å². The van der Waals surface area contributed by atoms with Gasteiger partial charge in [0.05, 0.1) is 13.2 Å². The molecule has 1 aliphatic carbocycles. The Hall–Kier alpha value is -3.09. The third-order valence-corrected chi connectivity index (χ3v) is 3.71. The van der Waals surface area contributed by atoms with Gasteiger partial charge in [-0.1, -0.05) is 47.6 Å². The van der Waals surface area contributed by atoms with Crippen LogP contribution in [-0.2, 0) is 25.7 Å². The van der Waals surface area contributed by atoms with E-state index >= 15 is 0 Å². The zero-order valence-corrected chi connectivity index (χ0v) is 14.8. The lowest BCUT2D eigenvalue weighted by atomic mass is 9.97. The van der Waals surface area contributed by atoms with Crippen LogP contribution in [0.3, 0.4) is 0 Å². The zero-order valence-electron chi connectivity index (χ0n) is 14.8. The van der Waals surface area contributed by atoms with Crippen molar-refractivity contribution in [1.82, 2.24) is 5.32 Å². The van der Waals surface area contributed by atoms with Crippen LogP contribution in [0.1, 0.15) is 18.4 Å². The minimum absolute atomic E-state index is 0.0864. The Morgan fingerprint density at radius 1 is 1.27 bits per heavy atom. The maximum absolute atomic E-state index is 11.9. The van der Waals surface area contributed by atoms with Gasteiger partial charge in [-0.05, 0) is 30.1 Å². The first-order valence-corrected chi connectivity index (χ1v) is 8.18. The minimum atomic E-state index is -0.572. The zero-order chi connectivity index (χ0) is 18.8. The van der Waals surface area contributed by atoms with Crippen LogP contribution in [0.15, 0.2) is 59.3 Å². The maximum Gasteiger partial charge on any atom is 0.407 e. The molecule has 7 nitrogen and oxygen atoms in total. The second-order valence-electron chi connectivity index (χ2n) is 5.58. The van der Waals surface area contributed by atoms with Crippen molar-refractivity contribution in [3.63, 3.8) is 0 Å². The van der Waals surface area contributed by atoms with Crippen LogP contribution in [0, 0.1) is 0 Å². The highest BCUT2D eigenvalue weighted by Crippen LogP contribution is 2.17. The molecule has 1 atom stereocenters. The topological polar surface area (TPSA) is 86.2 Å². The summed E-state index contributed by atoms with van der Waals surface area (Å²) in [5, 5.41) is 6.45. The third-order valence-electron chi connectivity index (χ3n) is 3.71. The number of carbonyl (C=O) groups is 2. The maximum atomic E-state index is 11.9. The predicted molar refractivity (Wildman–Crippen MR) is 96.5 cm³/mol. The Balaban J connectivity index is 1.86. The molecule has 0 fully saturated rings. The molecule has 0 aromatic heterocycles. The van der Waals surface area contributed by atoms with E-state index in [0.717, 1.165) is 11.1 Å². The van der Waals surface area contributed by atoms with Gasteiger partial charge in [0, 0.05) is 0 Å². The van der Waals surface area contributed by atoms with Gasteiger partial charge in [0.1, 0.15) is 13.7 Å². The number of ether oxygens (including phenoxy) is 2. The molecule has 0 aliphatic heterocycles. The van der Waals surface area contributed by atoms with Gasteiger partial charge >= 0.3 is 12.1 Å². The Morgan fingerprint density at radius 3 is 2.65 bits per heavy atom. The summed E-state index contributed by atoms with van der Waals surface area (Å²) in [5.74, 6) is -0.572. The summed E-state index contributed by atoms with van der Waals surface area (Å²) in [7, 11) is 2.64. The lowest BCUT2D eigenvalue weighted by molar-refractivity contribution is -0.132. The molecule has 2 rings (SSSR count). The summed E-state index contributed by atoms with van der Waals surface area (Å²) in [6.45, 7) is 0.226. The van der Waals surface area contributed by atoms with Gasteiger partial charge in [0.25, 0.3) is 0 Å². The molecule has 0 heterocycles. The molecule has 1 aromatic rings. The fraction of sp³-hybridized carbons (Fsp3) is 0.316. The molecule has 138 valence electrons. The summed E-state index contributed by atoms with van der Waals surface area (Å²) >= 11 is 0. The van der Waals surface area contributed by atoms with Crippen LogP contribution in [0.4, 0.5) is 4.79 Å². The van der Waals surface area contributed by atoms with E-state index in [0.29, 0.717) is 12.8 Å². The average Bonchev–Trinajstić information content (AvgIpc) is 2.67. The van der Waals surface area contributed by atoms with Crippen LogP contribution >= 0.6 is 0 Å². The molecule has 0 bridgehead atoms. The summed E-state index contributed by atoms with van der Waals surface area (Å²) in [6, 6.07) is 9.35. The molecule has 1 aliphatic rings. The second-order valence-corrected chi connectivity index (χ2v) is 5.58. The number of hydrogen-bond acceptors (Lipinski definition) is 6. The Kier molecular flexibility index (Phi) is 7.42. The molecule has 0 saturated heterocycles. The van der Waals surface area contributed by atoms with E-state index in [1.165, 1.54) is 14.2 Å². The summed E-state index contributed by atoms with van der Waals surface area (Å²) in [5.41, 5.74) is 1.91. The highest BCUT2D eigenvalue weighted by atomic mass is 16.6. The Bertz CT molecular complexity index is 710. The van der Waals surface area contributed by atoms with Crippen molar-refractivity contribution in [2.24, 2.45) is 5.16 Å². The first-order valence-electron chi connectivity index (χ1n) is 8.18. The van der Waals surface area contributed by atoms with E-state index in [1.54, 1.807) is 6.08 Å². The van der Waals surface area contributed by atoms with E-state index in [-0.39, 0.29) is 18.4 Å². The van der Waals surface area contributed by atoms with Crippen LogP contribution < -0.4 is 5.32 Å². The summed E-state index contributed by atoms with van der Waals surface area (Å²) in [6.07, 6.45) is 6.17. The number of nitrogens with zero attached hydrogens (tertiary/aromatic N) is 1. The first kappa shape index (κ1) is 19.2. The van der Waals surface area contributed by atoms with E-state index in [1.807, 2.05) is 42.5 Å². The number of amides is 1. The molecule has 1 aromatic carbocycles. The van der Waals surface area contributed by atoms with Crippen LogP contribution in [0.5, 0.6) is 0 Å². The monoisotopic (exact) mass is 358 g/mol. The lowest BCUT2D eigenvalue weighted by Gasteiger charge is -2.19. The standard InChI is InChI=1S/C19H22N2O5/c1-24-18(22)17(21-25-2)12-14-8-10-16(11-9-14)20-19(23)26-13-15-6-4-3-5-7-15/h3-8,10,12,16H,9,11,13H2,1-2H3,(H,20,23)/b14-12+,21-17-/t16-/m1/s1. The van der Waals surface area contributed by atoms with Gasteiger partial charge in [-0.3, -0.25) is 0 Å².